The molecule has 10 nitrogen and oxygen atoms in total. The summed E-state index contributed by atoms with van der Waals surface area (Å²) in [6.45, 7) is 5.44. The van der Waals surface area contributed by atoms with Crippen LogP contribution in [0.15, 0.2) is 23.0 Å². The molecular weight excluding hydrogens is 478 g/mol. The third kappa shape index (κ3) is 4.13. The van der Waals surface area contributed by atoms with Crippen LogP contribution in [0.5, 0.6) is 5.75 Å². The fourth-order valence-electron chi connectivity index (χ4n) is 6.01. The molecule has 1 fully saturated rings. The summed E-state index contributed by atoms with van der Waals surface area (Å²) in [6, 6.07) is 1.59. The van der Waals surface area contributed by atoms with Gasteiger partial charge in [-0.05, 0) is 51.2 Å². The Morgan fingerprint density at radius 3 is 2.38 bits per heavy atom. The molecule has 0 heterocycles. The van der Waals surface area contributed by atoms with E-state index in [1.165, 1.54) is 7.11 Å². The summed E-state index contributed by atoms with van der Waals surface area (Å²) in [4.78, 5) is 40.8. The number of phenolic OH excluding ortho intramolecular Hbond substituents is 1. The lowest BCUT2D eigenvalue weighted by Crippen LogP contribution is -2.57. The number of amides is 2. The van der Waals surface area contributed by atoms with Crippen LogP contribution in [0, 0.1) is 11.8 Å². The number of nitrogens with two attached hydrogens (primary N) is 1. The van der Waals surface area contributed by atoms with Crippen molar-refractivity contribution in [1.29, 1.82) is 0 Å². The molecule has 0 unspecified atom stereocenters. The van der Waals surface area contributed by atoms with E-state index in [0.29, 0.717) is 24.1 Å². The van der Waals surface area contributed by atoms with Crippen LogP contribution in [-0.4, -0.2) is 65.3 Å². The number of methoxy groups -OCH3 is 1. The van der Waals surface area contributed by atoms with Crippen LogP contribution in [0.3, 0.4) is 0 Å². The lowest BCUT2D eigenvalue weighted by atomic mass is 9.59. The van der Waals surface area contributed by atoms with Crippen molar-refractivity contribution in [2.75, 3.05) is 26.1 Å². The van der Waals surface area contributed by atoms with Crippen molar-refractivity contribution in [3.8, 4) is 5.75 Å². The molecule has 0 saturated heterocycles. The zero-order chi connectivity index (χ0) is 27.6. The largest absolute Gasteiger partial charge is 0.512 e. The maximum Gasteiger partial charge on any atom is 0.255 e. The Balaban J connectivity index is 1.91. The predicted octanol–water partition coefficient (Wildman–Crippen LogP) is 2.49. The van der Waals surface area contributed by atoms with Crippen molar-refractivity contribution < 1.29 is 34.4 Å². The van der Waals surface area contributed by atoms with E-state index in [0.717, 1.165) is 0 Å². The lowest BCUT2D eigenvalue weighted by Gasteiger charge is -2.49. The quantitative estimate of drug-likeness (QED) is 0.410. The van der Waals surface area contributed by atoms with Gasteiger partial charge in [-0.3, -0.25) is 14.4 Å². The summed E-state index contributed by atoms with van der Waals surface area (Å²) >= 11 is 0. The van der Waals surface area contributed by atoms with Gasteiger partial charge in [0.2, 0.25) is 5.91 Å². The van der Waals surface area contributed by atoms with E-state index < -0.39 is 52.1 Å². The first kappa shape index (κ1) is 26.5. The van der Waals surface area contributed by atoms with Crippen molar-refractivity contribution in [2.24, 2.45) is 17.6 Å². The number of anilines is 1. The number of ether oxygens (including phenoxy) is 1. The smallest absolute Gasteiger partial charge is 0.255 e. The van der Waals surface area contributed by atoms with Crippen LogP contribution in [0.4, 0.5) is 5.69 Å². The molecule has 3 aliphatic rings. The van der Waals surface area contributed by atoms with Gasteiger partial charge in [-0.25, -0.2) is 0 Å². The zero-order valence-corrected chi connectivity index (χ0v) is 22.1. The van der Waals surface area contributed by atoms with Gasteiger partial charge in [0.1, 0.15) is 22.9 Å². The van der Waals surface area contributed by atoms with Crippen LogP contribution in [0.1, 0.15) is 61.5 Å². The highest BCUT2D eigenvalue weighted by molar-refractivity contribution is 6.11. The molecule has 2 amide bonds. The Hall–Kier alpha value is -3.53. The standard InChI is InChI=1S/C27H35N3O7/c1-26(2,3)29-25(36)15-10-17(30(4)5)14-8-12-7-13-9-18(31)16(24(28)35)11-27(13,37-6)23(34)19(12)22(33)20(14)21(15)32/h10,12-13,31-33H,7-9,11H2,1-6H3,(H2,28,35)(H,29,36)/t12-,13+,27+/m1/s1. The first-order valence-corrected chi connectivity index (χ1v) is 12.3. The number of hydrogen-bond acceptors (Lipinski definition) is 8. The fourth-order valence-corrected chi connectivity index (χ4v) is 6.01. The van der Waals surface area contributed by atoms with E-state index in [4.69, 9.17) is 10.5 Å². The Morgan fingerprint density at radius 2 is 1.84 bits per heavy atom. The van der Waals surface area contributed by atoms with Gasteiger partial charge in [0, 0.05) is 56.8 Å². The van der Waals surface area contributed by atoms with Crippen LogP contribution in [-0.2, 0) is 20.7 Å². The molecule has 0 aromatic heterocycles. The number of carbonyl (C=O) groups excluding carboxylic acids is 3. The third-order valence-electron chi connectivity index (χ3n) is 7.70. The number of allylic oxidation sites excluding steroid dienone is 1. The van der Waals surface area contributed by atoms with Crippen LogP contribution in [0.25, 0.3) is 5.76 Å². The summed E-state index contributed by atoms with van der Waals surface area (Å²) in [7, 11) is 4.95. The van der Waals surface area contributed by atoms with Crippen molar-refractivity contribution in [2.45, 2.75) is 57.6 Å². The first-order valence-electron chi connectivity index (χ1n) is 12.3. The molecule has 3 aliphatic carbocycles. The second-order valence-corrected chi connectivity index (χ2v) is 11.4. The van der Waals surface area contributed by atoms with Crippen molar-refractivity contribution >= 4 is 29.0 Å². The number of Topliss-reactive ketones (excluding diaryl/α,β-unsaturated/α-hetero) is 1. The number of aliphatic hydroxyl groups is 2. The number of fused-ring (bicyclic) bond motifs is 3. The molecule has 0 aliphatic heterocycles. The van der Waals surface area contributed by atoms with Gasteiger partial charge in [0.25, 0.3) is 5.91 Å². The Labute approximate surface area is 215 Å². The van der Waals surface area contributed by atoms with Gasteiger partial charge in [0.05, 0.1) is 16.7 Å². The number of phenols is 1. The van der Waals surface area contributed by atoms with Gasteiger partial charge in [-0.2, -0.15) is 0 Å². The van der Waals surface area contributed by atoms with Crippen molar-refractivity contribution in [3.05, 3.63) is 39.7 Å². The van der Waals surface area contributed by atoms with Crippen LogP contribution >= 0.6 is 0 Å². The van der Waals surface area contributed by atoms with Gasteiger partial charge < -0.3 is 36.0 Å². The second-order valence-electron chi connectivity index (χ2n) is 11.4. The number of aromatic hydroxyl groups is 1. The average molecular weight is 514 g/mol. The zero-order valence-electron chi connectivity index (χ0n) is 22.1. The number of benzene rings is 1. The monoisotopic (exact) mass is 513 g/mol. The molecule has 0 bridgehead atoms. The first-order chi connectivity index (χ1) is 17.1. The number of aliphatic hydroxyl groups excluding tert-OH is 2. The van der Waals surface area contributed by atoms with Crippen molar-refractivity contribution in [3.63, 3.8) is 0 Å². The Bertz CT molecular complexity index is 1270. The lowest BCUT2D eigenvalue weighted by molar-refractivity contribution is -0.152. The second kappa shape index (κ2) is 8.79. The van der Waals surface area contributed by atoms with Crippen LogP contribution < -0.4 is 16.0 Å². The van der Waals surface area contributed by atoms with Gasteiger partial charge in [-0.15, -0.1) is 0 Å². The maximum absolute atomic E-state index is 14.0. The molecule has 4 rings (SSSR count). The predicted molar refractivity (Wildman–Crippen MR) is 137 cm³/mol. The maximum atomic E-state index is 14.0. The van der Waals surface area contributed by atoms with E-state index in [9.17, 15) is 29.7 Å². The summed E-state index contributed by atoms with van der Waals surface area (Å²) in [5.74, 6) is -3.68. The van der Waals surface area contributed by atoms with Gasteiger partial charge in [0.15, 0.2) is 5.78 Å². The normalized spacial score (nSPS) is 25.3. The molecule has 1 aromatic carbocycles. The number of nitrogens with one attached hydrogen (secondary N) is 1. The van der Waals surface area contributed by atoms with E-state index in [2.05, 4.69) is 5.32 Å². The molecule has 1 saturated carbocycles. The van der Waals surface area contributed by atoms with E-state index >= 15 is 0 Å². The third-order valence-corrected chi connectivity index (χ3v) is 7.70. The minimum atomic E-state index is -1.49. The van der Waals surface area contributed by atoms with Crippen LogP contribution in [0.2, 0.25) is 0 Å². The minimum Gasteiger partial charge on any atom is -0.512 e. The molecule has 0 radical (unpaired) electrons. The number of ketones is 1. The molecule has 37 heavy (non-hydrogen) atoms. The van der Waals surface area contributed by atoms with E-state index in [1.54, 1.807) is 25.1 Å². The number of hydrogen-bond donors (Lipinski definition) is 5. The van der Waals surface area contributed by atoms with Crippen molar-refractivity contribution in [1.82, 2.24) is 5.32 Å². The molecule has 6 N–H and O–H groups in total. The number of rotatable bonds is 4. The topological polar surface area (TPSA) is 162 Å². The summed E-state index contributed by atoms with van der Waals surface area (Å²) < 4.78 is 5.74. The SMILES string of the molecule is CO[C@@]12CC(C(N)=O)=C(O)C[C@@H]1C[C@@H]1Cc3c(N(C)C)cc(C(=O)NC(C)(C)C)c(O)c3C(O)=C1C2=O. The molecule has 0 spiro atoms. The minimum absolute atomic E-state index is 0.0212. The fraction of sp³-hybridized carbons (Fsp3) is 0.519. The Kier molecular flexibility index (Phi) is 6.31. The summed E-state index contributed by atoms with van der Waals surface area (Å²) in [5, 5.41) is 36.1. The molecular formula is C27H35N3O7. The average Bonchev–Trinajstić information content (AvgIpc) is 2.77. The van der Waals surface area contributed by atoms with Gasteiger partial charge >= 0.3 is 0 Å². The highest BCUT2D eigenvalue weighted by Crippen LogP contribution is 2.54. The summed E-state index contributed by atoms with van der Waals surface area (Å²) in [6.07, 6.45) is 0.557. The molecule has 3 atom stereocenters. The molecule has 1 aromatic rings. The van der Waals surface area contributed by atoms with E-state index in [1.807, 2.05) is 20.8 Å². The Morgan fingerprint density at radius 1 is 1.19 bits per heavy atom. The highest BCUT2D eigenvalue weighted by atomic mass is 16.5. The number of nitrogens with zero attached hydrogens (tertiary/aromatic N) is 1. The summed E-state index contributed by atoms with van der Waals surface area (Å²) in [5.41, 5.74) is 4.68. The number of carbonyl (C=O) groups is 3. The molecule has 10 heteroatoms. The van der Waals surface area contributed by atoms with Gasteiger partial charge in [-0.1, -0.05) is 0 Å². The number of primary amides is 1. The van der Waals surface area contributed by atoms with E-state index in [-0.39, 0.29) is 40.9 Å². The molecule has 200 valence electrons. The highest BCUT2D eigenvalue weighted by Gasteiger charge is 2.58.